The average Bonchev–Trinajstić information content (AvgIpc) is 3.25. The highest BCUT2D eigenvalue weighted by Crippen LogP contribution is 2.26. The summed E-state index contributed by atoms with van der Waals surface area (Å²) in [6, 6.07) is 9.79. The third-order valence-electron chi connectivity index (χ3n) is 4.67. The zero-order valence-corrected chi connectivity index (χ0v) is 17.8. The highest BCUT2D eigenvalue weighted by atomic mass is 32.2. The maximum atomic E-state index is 12.8. The number of carbonyl (C=O) groups excluding carboxylic acids is 2. The number of methoxy groups -OCH3 is 1. The summed E-state index contributed by atoms with van der Waals surface area (Å²) in [5.41, 5.74) is 3.44. The number of aromatic amines is 1. The number of benzene rings is 1. The fourth-order valence-corrected chi connectivity index (χ4v) is 4.18. The summed E-state index contributed by atoms with van der Waals surface area (Å²) >= 11 is 1.33. The molecule has 7 nitrogen and oxygen atoms in total. The molecule has 0 saturated carbocycles. The van der Waals surface area contributed by atoms with Crippen LogP contribution in [-0.4, -0.2) is 50.8 Å². The molecule has 0 spiro atoms. The molecular weight excluding hydrogens is 388 g/mol. The smallest absolute Gasteiger partial charge is 0.192 e. The van der Waals surface area contributed by atoms with E-state index in [1.165, 1.54) is 18.7 Å². The van der Waals surface area contributed by atoms with Crippen LogP contribution in [0.2, 0.25) is 0 Å². The molecule has 0 amide bonds. The van der Waals surface area contributed by atoms with E-state index >= 15 is 0 Å². The quantitative estimate of drug-likeness (QED) is 0.426. The van der Waals surface area contributed by atoms with E-state index in [0.717, 1.165) is 17.1 Å². The molecule has 0 bridgehead atoms. The monoisotopic (exact) mass is 412 g/mol. The molecular formula is C21H24N4O3S. The molecule has 0 atom stereocenters. The zero-order chi connectivity index (χ0) is 21.0. The first-order valence-electron chi connectivity index (χ1n) is 9.27. The molecule has 2 aromatic heterocycles. The Hall–Kier alpha value is -2.71. The van der Waals surface area contributed by atoms with E-state index < -0.39 is 0 Å². The SMILES string of the molecule is COCCn1c(SCC(=O)c2[nH]c(C)c(C(C)=O)c2C)nnc1-c1ccccc1. The van der Waals surface area contributed by atoms with Gasteiger partial charge in [-0.05, 0) is 26.3 Å². The summed E-state index contributed by atoms with van der Waals surface area (Å²) in [5.74, 6) is 0.807. The number of aromatic nitrogens is 4. The molecule has 29 heavy (non-hydrogen) atoms. The van der Waals surface area contributed by atoms with Crippen LogP contribution >= 0.6 is 11.8 Å². The Morgan fingerprint density at radius 1 is 1.17 bits per heavy atom. The van der Waals surface area contributed by atoms with E-state index in [9.17, 15) is 9.59 Å². The molecule has 1 N–H and O–H groups in total. The Balaban J connectivity index is 1.82. The van der Waals surface area contributed by atoms with Gasteiger partial charge in [0.1, 0.15) is 0 Å². The summed E-state index contributed by atoms with van der Waals surface area (Å²) in [7, 11) is 1.64. The van der Waals surface area contributed by atoms with Gasteiger partial charge in [0.15, 0.2) is 22.5 Å². The Morgan fingerprint density at radius 3 is 2.52 bits per heavy atom. The maximum absolute atomic E-state index is 12.8. The van der Waals surface area contributed by atoms with Crippen molar-refractivity contribution >= 4 is 23.3 Å². The van der Waals surface area contributed by atoms with Gasteiger partial charge in [0, 0.05) is 23.9 Å². The van der Waals surface area contributed by atoms with Gasteiger partial charge >= 0.3 is 0 Å². The van der Waals surface area contributed by atoms with Gasteiger partial charge in [-0.3, -0.25) is 14.2 Å². The number of rotatable bonds is 9. The zero-order valence-electron chi connectivity index (χ0n) is 17.0. The second-order valence-corrected chi connectivity index (χ2v) is 7.65. The minimum atomic E-state index is -0.0781. The Labute approximate surface area is 173 Å². The molecule has 2 heterocycles. The van der Waals surface area contributed by atoms with Crippen LogP contribution in [0, 0.1) is 13.8 Å². The van der Waals surface area contributed by atoms with Crippen molar-refractivity contribution in [3.05, 3.63) is 52.8 Å². The van der Waals surface area contributed by atoms with E-state index in [4.69, 9.17) is 4.74 Å². The Bertz CT molecular complexity index is 1020. The minimum absolute atomic E-state index is 0.0465. The molecule has 3 aromatic rings. The molecule has 1 aromatic carbocycles. The molecule has 3 rings (SSSR count). The number of hydrogen-bond donors (Lipinski definition) is 1. The van der Waals surface area contributed by atoms with Gasteiger partial charge in [0.05, 0.1) is 24.6 Å². The van der Waals surface area contributed by atoms with E-state index in [-0.39, 0.29) is 17.3 Å². The van der Waals surface area contributed by atoms with Crippen molar-refractivity contribution in [1.29, 1.82) is 0 Å². The largest absolute Gasteiger partial charge is 0.383 e. The lowest BCUT2D eigenvalue weighted by molar-refractivity contribution is 0.101. The van der Waals surface area contributed by atoms with Crippen molar-refractivity contribution in [1.82, 2.24) is 19.7 Å². The fraction of sp³-hybridized carbons (Fsp3) is 0.333. The van der Waals surface area contributed by atoms with Crippen molar-refractivity contribution in [3.8, 4) is 11.4 Å². The van der Waals surface area contributed by atoms with Crippen LogP contribution in [-0.2, 0) is 11.3 Å². The van der Waals surface area contributed by atoms with Gasteiger partial charge in [-0.25, -0.2) is 0 Å². The van der Waals surface area contributed by atoms with Crippen molar-refractivity contribution in [2.24, 2.45) is 0 Å². The average molecular weight is 413 g/mol. The summed E-state index contributed by atoms with van der Waals surface area (Å²) in [5, 5.41) is 9.26. The molecule has 0 saturated heterocycles. The van der Waals surface area contributed by atoms with Gasteiger partial charge in [0.25, 0.3) is 0 Å². The topological polar surface area (TPSA) is 89.9 Å². The number of hydrogen-bond acceptors (Lipinski definition) is 6. The lowest BCUT2D eigenvalue weighted by atomic mass is 10.1. The number of nitrogens with zero attached hydrogens (tertiary/aromatic N) is 3. The standard InChI is InChI=1S/C21H24N4O3S/c1-13-18(15(3)26)14(2)22-19(13)17(27)12-29-21-24-23-20(25(21)10-11-28-4)16-8-6-5-7-9-16/h5-9,22H,10-12H2,1-4H3. The first-order chi connectivity index (χ1) is 13.9. The number of thioether (sulfide) groups is 1. The molecule has 0 fully saturated rings. The second kappa shape index (κ2) is 9.19. The van der Waals surface area contributed by atoms with E-state index in [1.807, 2.05) is 34.9 Å². The molecule has 152 valence electrons. The summed E-state index contributed by atoms with van der Waals surface area (Å²) in [6.07, 6.45) is 0. The Kier molecular flexibility index (Phi) is 6.66. The van der Waals surface area contributed by atoms with Crippen molar-refractivity contribution in [2.45, 2.75) is 32.5 Å². The number of Topliss-reactive ketones (excluding diaryl/α,β-unsaturated/α-hetero) is 2. The van der Waals surface area contributed by atoms with Gasteiger partial charge in [-0.15, -0.1) is 10.2 Å². The van der Waals surface area contributed by atoms with Crippen LogP contribution in [0.25, 0.3) is 11.4 Å². The van der Waals surface area contributed by atoms with Gasteiger partial charge in [-0.1, -0.05) is 42.1 Å². The van der Waals surface area contributed by atoms with Crippen LogP contribution < -0.4 is 0 Å². The normalized spacial score (nSPS) is 11.0. The van der Waals surface area contributed by atoms with Gasteiger partial charge in [0.2, 0.25) is 0 Å². The molecule has 0 aliphatic heterocycles. The van der Waals surface area contributed by atoms with Crippen LogP contribution in [0.15, 0.2) is 35.5 Å². The number of nitrogens with one attached hydrogen (secondary N) is 1. The fourth-order valence-electron chi connectivity index (χ4n) is 3.34. The third kappa shape index (κ3) is 4.49. The van der Waals surface area contributed by atoms with Crippen LogP contribution in [0.4, 0.5) is 0 Å². The van der Waals surface area contributed by atoms with Crippen molar-refractivity contribution < 1.29 is 14.3 Å². The van der Waals surface area contributed by atoms with Crippen molar-refractivity contribution in [3.63, 3.8) is 0 Å². The van der Waals surface area contributed by atoms with E-state index in [0.29, 0.717) is 35.1 Å². The predicted octanol–water partition coefficient (Wildman–Crippen LogP) is 3.71. The number of aryl methyl sites for hydroxylation is 1. The number of H-pyrrole nitrogens is 1. The van der Waals surface area contributed by atoms with Crippen LogP contribution in [0.1, 0.15) is 39.0 Å². The third-order valence-corrected chi connectivity index (χ3v) is 5.64. The molecule has 0 unspecified atom stereocenters. The lowest BCUT2D eigenvalue weighted by Crippen LogP contribution is -2.10. The number of ether oxygens (including phenoxy) is 1. The summed E-state index contributed by atoms with van der Waals surface area (Å²) in [6.45, 7) is 6.21. The van der Waals surface area contributed by atoms with Gasteiger partial charge in [-0.2, -0.15) is 0 Å². The van der Waals surface area contributed by atoms with Crippen LogP contribution in [0.5, 0.6) is 0 Å². The summed E-state index contributed by atoms with van der Waals surface area (Å²) in [4.78, 5) is 27.7. The van der Waals surface area contributed by atoms with Crippen LogP contribution in [0.3, 0.4) is 0 Å². The maximum Gasteiger partial charge on any atom is 0.192 e. The lowest BCUT2D eigenvalue weighted by Gasteiger charge is -2.09. The highest BCUT2D eigenvalue weighted by molar-refractivity contribution is 7.99. The Morgan fingerprint density at radius 2 is 1.90 bits per heavy atom. The predicted molar refractivity (Wildman–Crippen MR) is 113 cm³/mol. The molecule has 0 aliphatic rings. The summed E-state index contributed by atoms with van der Waals surface area (Å²) < 4.78 is 7.18. The van der Waals surface area contributed by atoms with Crippen molar-refractivity contribution in [2.75, 3.05) is 19.5 Å². The first kappa shape index (κ1) is 21.0. The van der Waals surface area contributed by atoms with E-state index in [2.05, 4.69) is 15.2 Å². The van der Waals surface area contributed by atoms with E-state index in [1.54, 1.807) is 21.0 Å². The number of carbonyl (C=O) groups is 2. The second-order valence-electron chi connectivity index (χ2n) is 6.71. The first-order valence-corrected chi connectivity index (χ1v) is 10.3. The molecule has 0 aliphatic carbocycles. The minimum Gasteiger partial charge on any atom is -0.383 e. The molecule has 0 radical (unpaired) electrons. The molecule has 8 heteroatoms. The van der Waals surface area contributed by atoms with Gasteiger partial charge < -0.3 is 9.72 Å². The number of ketones is 2. The highest BCUT2D eigenvalue weighted by Gasteiger charge is 2.21.